The maximum absolute atomic E-state index is 5.65. The molecule has 3 nitrogen and oxygen atoms in total. The Morgan fingerprint density at radius 3 is 2.86 bits per heavy atom. The Hall–Kier alpha value is -0.380. The van der Waals surface area contributed by atoms with Gasteiger partial charge in [-0.1, -0.05) is 13.0 Å². The van der Waals surface area contributed by atoms with E-state index in [0.717, 1.165) is 12.8 Å². The molecule has 0 amide bonds. The van der Waals surface area contributed by atoms with Gasteiger partial charge in [-0.25, -0.2) is 0 Å². The van der Waals surface area contributed by atoms with E-state index >= 15 is 0 Å². The molecule has 3 atom stereocenters. The molecule has 3 unspecified atom stereocenters. The summed E-state index contributed by atoms with van der Waals surface area (Å²) in [6.45, 7) is 8.95. The Labute approximate surface area is 86.0 Å². The van der Waals surface area contributed by atoms with Crippen molar-refractivity contribution >= 4 is 0 Å². The van der Waals surface area contributed by atoms with Crippen LogP contribution in [0.1, 0.15) is 26.7 Å². The van der Waals surface area contributed by atoms with E-state index in [2.05, 4.69) is 13.5 Å². The average molecular weight is 200 g/mol. The molecule has 1 aliphatic heterocycles. The summed E-state index contributed by atoms with van der Waals surface area (Å²) in [5.74, 6) is 0.437. The van der Waals surface area contributed by atoms with Crippen LogP contribution < -0.4 is 0 Å². The minimum absolute atomic E-state index is 0.0917. The fraction of sp³-hybridized carbons (Fsp3) is 0.818. The van der Waals surface area contributed by atoms with Crippen molar-refractivity contribution in [2.45, 2.75) is 39.3 Å². The zero-order valence-electron chi connectivity index (χ0n) is 9.07. The van der Waals surface area contributed by atoms with Gasteiger partial charge in [0.1, 0.15) is 0 Å². The lowest BCUT2D eigenvalue weighted by Gasteiger charge is -2.33. The van der Waals surface area contributed by atoms with Crippen molar-refractivity contribution in [3.8, 4) is 0 Å². The van der Waals surface area contributed by atoms with Gasteiger partial charge in [0.05, 0.1) is 6.61 Å². The van der Waals surface area contributed by atoms with Gasteiger partial charge in [-0.05, 0) is 19.8 Å². The van der Waals surface area contributed by atoms with Crippen LogP contribution in [0.2, 0.25) is 0 Å². The Balaban J connectivity index is 2.34. The molecule has 1 saturated heterocycles. The first kappa shape index (κ1) is 11.7. The Bertz CT molecular complexity index is 170. The number of ether oxygens (including phenoxy) is 3. The van der Waals surface area contributed by atoms with Crippen molar-refractivity contribution in [1.82, 2.24) is 0 Å². The van der Waals surface area contributed by atoms with Gasteiger partial charge in [0.2, 0.25) is 0 Å². The summed E-state index contributed by atoms with van der Waals surface area (Å²) in [6.07, 6.45) is 3.56. The van der Waals surface area contributed by atoms with Crippen LogP contribution in [0.25, 0.3) is 0 Å². The summed E-state index contributed by atoms with van der Waals surface area (Å²) in [6, 6.07) is 0. The van der Waals surface area contributed by atoms with E-state index in [1.165, 1.54) is 0 Å². The van der Waals surface area contributed by atoms with Crippen molar-refractivity contribution in [2.75, 3.05) is 13.2 Å². The lowest BCUT2D eigenvalue weighted by molar-refractivity contribution is -0.280. The fourth-order valence-electron chi connectivity index (χ4n) is 1.56. The summed E-state index contributed by atoms with van der Waals surface area (Å²) in [7, 11) is 0. The van der Waals surface area contributed by atoms with Gasteiger partial charge in [-0.15, -0.1) is 6.58 Å². The largest absolute Gasteiger partial charge is 0.353 e. The van der Waals surface area contributed by atoms with E-state index in [4.69, 9.17) is 14.2 Å². The predicted molar refractivity (Wildman–Crippen MR) is 54.8 cm³/mol. The number of rotatable bonds is 5. The number of hydrogen-bond acceptors (Lipinski definition) is 3. The van der Waals surface area contributed by atoms with Gasteiger partial charge in [0.15, 0.2) is 12.6 Å². The molecule has 1 fully saturated rings. The smallest absolute Gasteiger partial charge is 0.163 e. The SMILES string of the molecule is C=CCOC1OC(OCC)CCC1C. The number of hydrogen-bond donors (Lipinski definition) is 0. The molecular formula is C11H20O3. The van der Waals surface area contributed by atoms with Crippen molar-refractivity contribution in [1.29, 1.82) is 0 Å². The predicted octanol–water partition coefficient (Wildman–Crippen LogP) is 2.32. The lowest BCUT2D eigenvalue weighted by Crippen LogP contribution is -2.37. The second-order valence-electron chi connectivity index (χ2n) is 3.57. The minimum atomic E-state index is -0.140. The average Bonchev–Trinajstić information content (AvgIpc) is 2.19. The lowest BCUT2D eigenvalue weighted by atomic mass is 10.0. The maximum atomic E-state index is 5.65. The monoisotopic (exact) mass is 200 g/mol. The highest BCUT2D eigenvalue weighted by atomic mass is 16.8. The summed E-state index contributed by atoms with van der Waals surface area (Å²) in [5.41, 5.74) is 0. The van der Waals surface area contributed by atoms with Crippen LogP contribution >= 0.6 is 0 Å². The molecule has 1 heterocycles. The normalized spacial score (nSPS) is 32.9. The van der Waals surface area contributed by atoms with E-state index in [0.29, 0.717) is 19.1 Å². The van der Waals surface area contributed by atoms with Crippen molar-refractivity contribution < 1.29 is 14.2 Å². The molecule has 0 bridgehead atoms. The van der Waals surface area contributed by atoms with E-state index in [9.17, 15) is 0 Å². The van der Waals surface area contributed by atoms with Crippen molar-refractivity contribution in [3.05, 3.63) is 12.7 Å². The van der Waals surface area contributed by atoms with Crippen LogP contribution in [0.15, 0.2) is 12.7 Å². The first-order valence-corrected chi connectivity index (χ1v) is 5.27. The topological polar surface area (TPSA) is 27.7 Å². The highest BCUT2D eigenvalue weighted by Crippen LogP contribution is 2.25. The first-order valence-electron chi connectivity index (χ1n) is 5.27. The molecule has 1 aliphatic rings. The highest BCUT2D eigenvalue weighted by Gasteiger charge is 2.28. The molecule has 0 aromatic heterocycles. The molecule has 1 rings (SSSR count). The molecule has 82 valence electrons. The van der Waals surface area contributed by atoms with Crippen LogP contribution in [0.5, 0.6) is 0 Å². The molecule has 0 aromatic rings. The quantitative estimate of drug-likeness (QED) is 0.637. The maximum Gasteiger partial charge on any atom is 0.163 e. The van der Waals surface area contributed by atoms with Crippen molar-refractivity contribution in [2.24, 2.45) is 5.92 Å². The van der Waals surface area contributed by atoms with Crippen molar-refractivity contribution in [3.63, 3.8) is 0 Å². The third-order valence-corrected chi connectivity index (χ3v) is 2.34. The van der Waals surface area contributed by atoms with E-state index in [-0.39, 0.29) is 12.6 Å². The van der Waals surface area contributed by atoms with Crippen LogP contribution in [0.4, 0.5) is 0 Å². The standard InChI is InChI=1S/C11H20O3/c1-4-8-13-11-9(3)6-7-10(14-11)12-5-2/h4,9-11H,1,5-8H2,2-3H3. The molecule has 3 heteroatoms. The molecule has 0 spiro atoms. The van der Waals surface area contributed by atoms with E-state index < -0.39 is 0 Å². The van der Waals surface area contributed by atoms with Gasteiger partial charge in [-0.3, -0.25) is 0 Å². The third kappa shape index (κ3) is 3.40. The summed E-state index contributed by atoms with van der Waals surface area (Å²) >= 11 is 0. The van der Waals surface area contributed by atoms with Crippen LogP contribution in [-0.4, -0.2) is 25.8 Å². The second kappa shape index (κ2) is 6.17. The van der Waals surface area contributed by atoms with Crippen LogP contribution in [0.3, 0.4) is 0 Å². The van der Waals surface area contributed by atoms with Crippen LogP contribution in [-0.2, 0) is 14.2 Å². The van der Waals surface area contributed by atoms with Gasteiger partial charge >= 0.3 is 0 Å². The molecule has 0 saturated carbocycles. The highest BCUT2D eigenvalue weighted by molar-refractivity contribution is 4.70. The summed E-state index contributed by atoms with van der Waals surface area (Å²) in [4.78, 5) is 0. The zero-order chi connectivity index (χ0) is 10.4. The molecule has 0 aliphatic carbocycles. The summed E-state index contributed by atoms with van der Waals surface area (Å²) in [5, 5.41) is 0. The second-order valence-corrected chi connectivity index (χ2v) is 3.57. The minimum Gasteiger partial charge on any atom is -0.353 e. The Kier molecular flexibility index (Phi) is 5.15. The van der Waals surface area contributed by atoms with Gasteiger partial charge < -0.3 is 14.2 Å². The Morgan fingerprint density at radius 2 is 2.21 bits per heavy atom. The molecular weight excluding hydrogens is 180 g/mol. The van der Waals surface area contributed by atoms with Crippen LogP contribution in [0, 0.1) is 5.92 Å². The zero-order valence-corrected chi connectivity index (χ0v) is 9.07. The third-order valence-electron chi connectivity index (χ3n) is 2.34. The van der Waals surface area contributed by atoms with Gasteiger partial charge in [-0.2, -0.15) is 0 Å². The Morgan fingerprint density at radius 1 is 1.43 bits per heavy atom. The molecule has 0 aromatic carbocycles. The van der Waals surface area contributed by atoms with Gasteiger partial charge in [0, 0.05) is 12.5 Å². The van der Waals surface area contributed by atoms with Gasteiger partial charge in [0.25, 0.3) is 0 Å². The summed E-state index contributed by atoms with van der Waals surface area (Å²) < 4.78 is 16.6. The first-order chi connectivity index (χ1) is 6.77. The molecule has 0 radical (unpaired) electrons. The van der Waals surface area contributed by atoms with E-state index in [1.54, 1.807) is 6.08 Å². The molecule has 14 heavy (non-hydrogen) atoms. The molecule has 0 N–H and O–H groups in total. The van der Waals surface area contributed by atoms with E-state index in [1.807, 2.05) is 6.92 Å². The fourth-order valence-corrected chi connectivity index (χ4v) is 1.56.